The Morgan fingerprint density at radius 2 is 1.42 bits per heavy atom. The van der Waals surface area contributed by atoms with Crippen molar-refractivity contribution in [1.29, 1.82) is 0 Å². The second kappa shape index (κ2) is 39.6. The summed E-state index contributed by atoms with van der Waals surface area (Å²) in [5.41, 5.74) is 3.80. The number of rotatable bonds is 30. The Kier molecular flexibility index (Phi) is 29.6. The van der Waals surface area contributed by atoms with E-state index in [0.717, 1.165) is 166 Å². The standard InChI is InChI=1S/C88H112ClF3N14O10S4/c1-61(64-14-16-66(17-15-64)81-62(2)94-60-118-81)95-84(110)77-51-72(107)56-106(77)85(111)82(86(3,4)5)97-80(108)57-102-38-36-100(37-39-102)34-30-63-13-28-79(93-54-63)105-46-42-103(43-47-105)59-87(6)32-29-75(65-18-22-69(89)23-19-65)68(53-87)55-101-40-44-104(45-41-101)71-24-20-67(21-25-71)83(109)98-120(114,115)74-26-27-76(78(52-74)119(112,113)88(90,91)92)96-70(58-117-73-11-8-7-9-12-73)31-35-99-33-10-49-116-50-48-99/h7-9,11-28,52,54,60-61,70,72,77,82,96,107H,10,29-51,53,55-59H2,1-6H3,(H,95,110)(H,97,108)(H,98,109)/t61-,70+,72+,77-,82+,87+/m0/s1. The van der Waals surface area contributed by atoms with E-state index in [1.807, 2.05) is 118 Å². The number of carbonyl (C=O) groups excluding carboxylic acids is 4. The van der Waals surface area contributed by atoms with Crippen LogP contribution in [0.4, 0.5) is 30.4 Å². The molecule has 0 radical (unpaired) electrons. The zero-order valence-corrected chi connectivity index (χ0v) is 73.2. The van der Waals surface area contributed by atoms with Crippen LogP contribution in [0.5, 0.6) is 0 Å². The lowest BCUT2D eigenvalue weighted by Crippen LogP contribution is -2.59. The minimum absolute atomic E-state index is 0.00495. The highest BCUT2D eigenvalue weighted by molar-refractivity contribution is 7.99. The van der Waals surface area contributed by atoms with Crippen molar-refractivity contribution in [2.45, 2.75) is 137 Å². The van der Waals surface area contributed by atoms with Gasteiger partial charge in [-0.25, -0.2) is 31.5 Å². The number of piperazine rings is 3. The number of amides is 4. The van der Waals surface area contributed by atoms with Gasteiger partial charge in [0, 0.05) is 177 Å². The number of hydrogen-bond donors (Lipinski definition) is 5. The molecular weight excluding hydrogens is 1630 g/mol. The first-order chi connectivity index (χ1) is 57.3. The number of aromatic nitrogens is 2. The number of nitrogens with one attached hydrogen (secondary N) is 4. The third-order valence-electron chi connectivity index (χ3n) is 24.0. The van der Waals surface area contributed by atoms with Crippen LogP contribution in [-0.4, -0.2) is 265 Å². The number of alkyl halides is 3. The van der Waals surface area contributed by atoms with Gasteiger partial charge in [-0.3, -0.25) is 33.9 Å². The maximum atomic E-state index is 14.5. The highest BCUT2D eigenvalue weighted by Crippen LogP contribution is 2.45. The Balaban J connectivity index is 0.550. The number of β-amino-alcohol motifs (C(OH)–C–C–N with tert-alkyl or cyclic N) is 1. The lowest BCUT2D eigenvalue weighted by Gasteiger charge is -2.44. The van der Waals surface area contributed by atoms with Gasteiger partial charge in [-0.2, -0.15) is 13.2 Å². The smallest absolute Gasteiger partial charge is 0.391 e. The highest BCUT2D eigenvalue weighted by Gasteiger charge is 2.49. The van der Waals surface area contributed by atoms with Crippen molar-refractivity contribution in [3.05, 3.63) is 184 Å². The Morgan fingerprint density at radius 3 is 2.09 bits per heavy atom. The number of allylic oxidation sites excluding steroid dienone is 1. The number of sulfonamides is 1. The highest BCUT2D eigenvalue weighted by atomic mass is 35.5. The number of sulfone groups is 1. The Hall–Kier alpha value is -8.05. The van der Waals surface area contributed by atoms with E-state index in [-0.39, 0.29) is 48.3 Å². The monoisotopic (exact) mass is 1740 g/mol. The van der Waals surface area contributed by atoms with Crippen molar-refractivity contribution in [1.82, 2.24) is 54.7 Å². The van der Waals surface area contributed by atoms with Gasteiger partial charge in [0.05, 0.1) is 52.0 Å². The summed E-state index contributed by atoms with van der Waals surface area (Å²) in [4.78, 5) is 82.9. The molecule has 0 unspecified atom stereocenters. The lowest BCUT2D eigenvalue weighted by atomic mass is 9.71. The van der Waals surface area contributed by atoms with Crippen LogP contribution in [0.2, 0.25) is 5.02 Å². The molecule has 1 aliphatic carbocycles. The van der Waals surface area contributed by atoms with Crippen LogP contribution in [0.25, 0.3) is 16.0 Å². The van der Waals surface area contributed by atoms with Crippen LogP contribution < -0.4 is 30.5 Å². The number of aryl methyl sites for hydroxylation is 1. The molecule has 646 valence electrons. The molecule has 5 N–H and O–H groups in total. The van der Waals surface area contributed by atoms with Gasteiger partial charge in [-0.05, 0) is 164 Å². The molecule has 6 atom stereocenters. The van der Waals surface area contributed by atoms with Gasteiger partial charge in [-0.1, -0.05) is 106 Å². The SMILES string of the molecule is Cc1ncsc1-c1ccc([C@H](C)NC(=O)[C@@H]2C[C@@H](O)CN2C(=O)[C@@H](NC(=O)CN2CCN(CCc3ccc(N4CCN(C[C@]5(C)CCC(c6ccc(Cl)cc6)=C(CN6CCN(c7ccc(C(=O)NS(=O)(=O)c8ccc(N[C@H](CCN9CCCOCC9)CSc9ccccc9)c(S(=O)(=O)C(F)(F)F)c8)cc7)CC6)C5)CC4)nc3)CC2)C(C)(C)C)cc1. The number of anilines is 3. The average Bonchev–Trinajstić information content (AvgIpc) is 0.891. The van der Waals surface area contributed by atoms with E-state index in [1.54, 1.807) is 23.5 Å². The molecule has 0 spiro atoms. The fourth-order valence-electron chi connectivity index (χ4n) is 17.0. The Labute approximate surface area is 717 Å². The van der Waals surface area contributed by atoms with Gasteiger partial charge < -0.3 is 50.3 Å². The molecule has 0 bridgehead atoms. The average molecular weight is 1750 g/mol. The first-order valence-electron chi connectivity index (χ1n) is 41.6. The number of aliphatic hydroxyl groups excluding tert-OH is 1. The van der Waals surface area contributed by atoms with Gasteiger partial charge in [-0.15, -0.1) is 23.1 Å². The molecular formula is C88H112ClF3N14O10S4. The van der Waals surface area contributed by atoms with Crippen LogP contribution in [0.1, 0.15) is 112 Å². The predicted molar refractivity (Wildman–Crippen MR) is 467 cm³/mol. The Morgan fingerprint density at radius 1 is 0.742 bits per heavy atom. The number of aliphatic hydroxyl groups is 1. The van der Waals surface area contributed by atoms with E-state index in [2.05, 4.69) is 86.4 Å². The molecule has 24 nitrogen and oxygen atoms in total. The molecule has 5 fully saturated rings. The normalized spacial score (nSPS) is 20.8. The maximum Gasteiger partial charge on any atom is 0.501 e. The summed E-state index contributed by atoms with van der Waals surface area (Å²) < 4.78 is 105. The summed E-state index contributed by atoms with van der Waals surface area (Å²) >= 11 is 9.46. The largest absolute Gasteiger partial charge is 0.501 e. The number of benzene rings is 5. The van der Waals surface area contributed by atoms with Gasteiger partial charge in [0.2, 0.25) is 17.7 Å². The van der Waals surface area contributed by atoms with Gasteiger partial charge in [0.25, 0.3) is 25.8 Å². The second-order valence-electron chi connectivity index (χ2n) is 34.0. The summed E-state index contributed by atoms with van der Waals surface area (Å²) in [6.07, 6.45) is 6.20. The molecule has 5 aliphatic heterocycles. The van der Waals surface area contributed by atoms with Crippen molar-refractivity contribution < 1.29 is 59.0 Å². The van der Waals surface area contributed by atoms with Crippen LogP contribution in [0.3, 0.4) is 0 Å². The van der Waals surface area contributed by atoms with E-state index in [4.69, 9.17) is 21.3 Å². The van der Waals surface area contributed by atoms with Gasteiger partial charge in [0.15, 0.2) is 0 Å². The van der Waals surface area contributed by atoms with E-state index in [9.17, 15) is 54.3 Å². The number of hydrogen-bond acceptors (Lipinski definition) is 22. The topological polar surface area (TPSA) is 266 Å². The van der Waals surface area contributed by atoms with E-state index >= 15 is 0 Å². The van der Waals surface area contributed by atoms with Crippen LogP contribution in [0.15, 0.2) is 165 Å². The van der Waals surface area contributed by atoms with E-state index in [0.29, 0.717) is 75.7 Å². The van der Waals surface area contributed by atoms with Crippen LogP contribution in [-0.2, 0) is 45.4 Å². The zero-order valence-electron chi connectivity index (χ0n) is 69.2. The number of likely N-dealkylation sites (tertiary alicyclic amines) is 1. The number of halogens is 4. The van der Waals surface area contributed by atoms with E-state index < -0.39 is 82.3 Å². The van der Waals surface area contributed by atoms with Gasteiger partial charge in [0.1, 0.15) is 22.8 Å². The summed E-state index contributed by atoms with van der Waals surface area (Å²) in [5, 5.41) is 20.7. The molecule has 6 aliphatic rings. The number of carbonyl (C=O) groups is 4. The van der Waals surface area contributed by atoms with E-state index in [1.165, 1.54) is 45.5 Å². The van der Waals surface area contributed by atoms with Crippen LogP contribution >= 0.6 is 34.7 Å². The third-order valence-corrected chi connectivity index (χ3v) is 29.2. The van der Waals surface area contributed by atoms with Crippen molar-refractivity contribution >= 4 is 101 Å². The second-order valence-corrected chi connectivity index (χ2v) is 40.0. The minimum Gasteiger partial charge on any atom is -0.391 e. The third kappa shape index (κ3) is 23.2. The Bertz CT molecular complexity index is 4930. The van der Waals surface area contributed by atoms with Crippen molar-refractivity contribution in [2.24, 2.45) is 10.8 Å². The zero-order chi connectivity index (χ0) is 85.1. The molecule has 7 heterocycles. The first kappa shape index (κ1) is 89.7. The maximum absolute atomic E-state index is 14.5. The number of nitrogens with zero attached hydrogens (tertiary/aromatic N) is 10. The van der Waals surface area contributed by atoms with Crippen LogP contribution in [0, 0.1) is 17.8 Å². The lowest BCUT2D eigenvalue weighted by molar-refractivity contribution is -0.144. The summed E-state index contributed by atoms with van der Waals surface area (Å²) in [7, 11) is -11.0. The van der Waals surface area contributed by atoms with Crippen molar-refractivity contribution in [3.8, 4) is 10.4 Å². The number of thioether (sulfide) groups is 1. The molecule has 32 heteroatoms. The number of thiazole rings is 1. The molecule has 2 aromatic heterocycles. The molecule has 4 amide bonds. The minimum atomic E-state index is -6.11. The molecule has 5 aromatic carbocycles. The molecule has 120 heavy (non-hydrogen) atoms. The summed E-state index contributed by atoms with van der Waals surface area (Å²) in [6.45, 7) is 27.2. The predicted octanol–water partition coefficient (Wildman–Crippen LogP) is 11.4. The van der Waals surface area contributed by atoms with Crippen molar-refractivity contribution in [2.75, 3.05) is 165 Å². The first-order valence-corrected chi connectivity index (χ1v) is 46.8. The fraction of sp³-hybridized carbons (Fsp3) is 0.500. The fourth-order valence-corrected chi connectivity index (χ4v) is 21.0. The molecule has 13 rings (SSSR count). The molecule has 5 saturated heterocycles. The quantitative estimate of drug-likeness (QED) is 0.0262. The summed E-state index contributed by atoms with van der Waals surface area (Å²) in [5.74, 6) is -0.737. The van der Waals surface area contributed by atoms with Gasteiger partial charge >= 0.3 is 5.51 Å². The van der Waals surface area contributed by atoms with Crippen molar-refractivity contribution in [3.63, 3.8) is 0 Å². The molecule has 0 saturated carbocycles. The number of ether oxygens (including phenoxy) is 1. The summed E-state index contributed by atoms with van der Waals surface area (Å²) in [6, 6.07) is 36.0. The molecule has 7 aromatic rings. The number of pyridine rings is 1.